The molecule has 0 radical (unpaired) electrons. The standard InChI is InChI=1S/C54H41NS/c1-53(2)46-22-9-6-18-44(46)51-47(53)23-13-24-48(51)55(37-29-26-34(27-30-37)35-28-31-42-41-17-7-10-25-49(41)56-50(42)33-35)38-15-11-14-36(32-38)39-19-12-20-43-40-16-5-8-21-45(40)54(3,4)52(39)43/h5-33H,1-4H3. The summed E-state index contributed by atoms with van der Waals surface area (Å²) in [5.74, 6) is 0. The lowest BCUT2D eigenvalue weighted by Crippen LogP contribution is -2.16. The van der Waals surface area contributed by atoms with Gasteiger partial charge in [0.05, 0.1) is 5.69 Å². The number of hydrogen-bond donors (Lipinski definition) is 0. The van der Waals surface area contributed by atoms with Gasteiger partial charge in [0, 0.05) is 47.9 Å². The predicted octanol–water partition coefficient (Wildman–Crippen LogP) is 15.5. The molecule has 268 valence electrons. The Morgan fingerprint density at radius 3 is 1.86 bits per heavy atom. The fourth-order valence-corrected chi connectivity index (χ4v) is 11.1. The highest BCUT2D eigenvalue weighted by molar-refractivity contribution is 7.25. The van der Waals surface area contributed by atoms with Crippen molar-refractivity contribution in [2.24, 2.45) is 0 Å². The molecule has 56 heavy (non-hydrogen) atoms. The van der Waals surface area contributed by atoms with Gasteiger partial charge in [-0.3, -0.25) is 0 Å². The van der Waals surface area contributed by atoms with Crippen LogP contribution in [-0.2, 0) is 10.8 Å². The molecule has 9 aromatic rings. The van der Waals surface area contributed by atoms with Crippen molar-refractivity contribution in [2.45, 2.75) is 38.5 Å². The van der Waals surface area contributed by atoms with Crippen molar-refractivity contribution in [1.29, 1.82) is 0 Å². The number of thiophene rings is 1. The van der Waals surface area contributed by atoms with E-state index in [0.29, 0.717) is 0 Å². The second kappa shape index (κ2) is 12.1. The van der Waals surface area contributed by atoms with Crippen LogP contribution in [0.15, 0.2) is 176 Å². The van der Waals surface area contributed by atoms with E-state index in [1.807, 2.05) is 11.3 Å². The van der Waals surface area contributed by atoms with Gasteiger partial charge in [-0.15, -0.1) is 11.3 Å². The lowest BCUT2D eigenvalue weighted by molar-refractivity contribution is 0.660. The van der Waals surface area contributed by atoms with Crippen molar-refractivity contribution < 1.29 is 0 Å². The van der Waals surface area contributed by atoms with Crippen LogP contribution in [0.4, 0.5) is 17.1 Å². The number of anilines is 3. The number of nitrogens with zero attached hydrogens (tertiary/aromatic N) is 1. The minimum atomic E-state index is -0.109. The number of rotatable bonds is 5. The highest BCUT2D eigenvalue weighted by Crippen LogP contribution is 2.55. The summed E-state index contributed by atoms with van der Waals surface area (Å²) >= 11 is 1.87. The first kappa shape index (κ1) is 33.1. The zero-order valence-electron chi connectivity index (χ0n) is 32.1. The maximum Gasteiger partial charge on any atom is 0.0543 e. The average Bonchev–Trinajstić information content (AvgIpc) is 3.81. The first-order valence-corrected chi connectivity index (χ1v) is 20.5. The minimum absolute atomic E-state index is 0.101. The largest absolute Gasteiger partial charge is 0.310 e. The Morgan fingerprint density at radius 2 is 1.02 bits per heavy atom. The van der Waals surface area contributed by atoms with Gasteiger partial charge in [0.1, 0.15) is 0 Å². The molecule has 0 aliphatic heterocycles. The van der Waals surface area contributed by atoms with Crippen LogP contribution in [0.1, 0.15) is 49.9 Å². The van der Waals surface area contributed by atoms with Crippen molar-refractivity contribution in [3.8, 4) is 44.5 Å². The normalized spacial score (nSPS) is 14.4. The van der Waals surface area contributed by atoms with E-state index in [-0.39, 0.29) is 10.8 Å². The number of fused-ring (bicyclic) bond motifs is 9. The van der Waals surface area contributed by atoms with Crippen LogP contribution in [-0.4, -0.2) is 0 Å². The molecule has 0 N–H and O–H groups in total. The number of benzene rings is 8. The van der Waals surface area contributed by atoms with Crippen LogP contribution in [0.25, 0.3) is 64.7 Å². The van der Waals surface area contributed by atoms with Crippen molar-refractivity contribution in [1.82, 2.24) is 0 Å². The fourth-order valence-electron chi connectivity index (χ4n) is 9.96. The summed E-state index contributed by atoms with van der Waals surface area (Å²) in [6, 6.07) is 65.7. The van der Waals surface area contributed by atoms with Gasteiger partial charge in [0.15, 0.2) is 0 Å². The van der Waals surface area contributed by atoms with E-state index in [0.717, 1.165) is 11.4 Å². The van der Waals surface area contributed by atoms with E-state index in [2.05, 4.69) is 209 Å². The lowest BCUT2D eigenvalue weighted by Gasteiger charge is -2.30. The van der Waals surface area contributed by atoms with Crippen molar-refractivity contribution in [3.05, 3.63) is 198 Å². The summed E-state index contributed by atoms with van der Waals surface area (Å²) < 4.78 is 2.66. The molecular formula is C54H41NS. The molecule has 0 unspecified atom stereocenters. The Kier molecular flexibility index (Phi) is 7.18. The zero-order chi connectivity index (χ0) is 37.8. The van der Waals surface area contributed by atoms with E-state index in [1.165, 1.54) is 92.6 Å². The fraction of sp³-hybridized carbons (Fsp3) is 0.111. The molecule has 0 fully saturated rings. The van der Waals surface area contributed by atoms with E-state index in [1.54, 1.807) is 0 Å². The first-order chi connectivity index (χ1) is 27.3. The van der Waals surface area contributed by atoms with Crippen LogP contribution < -0.4 is 4.90 Å². The summed E-state index contributed by atoms with van der Waals surface area (Å²) in [5, 5.41) is 2.66. The molecule has 1 heterocycles. The molecule has 11 rings (SSSR count). The van der Waals surface area contributed by atoms with E-state index in [9.17, 15) is 0 Å². The second-order valence-electron chi connectivity index (χ2n) is 16.5. The summed E-state index contributed by atoms with van der Waals surface area (Å²) in [5.41, 5.74) is 19.1. The predicted molar refractivity (Wildman–Crippen MR) is 240 cm³/mol. The molecule has 1 aromatic heterocycles. The third kappa shape index (κ3) is 4.79. The molecular weight excluding hydrogens is 695 g/mol. The maximum absolute atomic E-state index is 2.49. The molecule has 1 nitrogen and oxygen atoms in total. The molecule has 0 atom stereocenters. The lowest BCUT2D eigenvalue weighted by atomic mass is 9.79. The van der Waals surface area contributed by atoms with Crippen LogP contribution >= 0.6 is 11.3 Å². The maximum atomic E-state index is 2.49. The molecule has 0 saturated carbocycles. The first-order valence-electron chi connectivity index (χ1n) is 19.7. The molecule has 0 saturated heterocycles. The molecule has 2 aliphatic rings. The SMILES string of the molecule is CC1(C)c2ccccc2-c2c(N(c3ccc(-c4ccc5c(c4)sc4ccccc45)cc3)c3cccc(-c4cccc5c4C(C)(C)c4ccccc4-5)c3)cccc21. The van der Waals surface area contributed by atoms with Gasteiger partial charge in [-0.2, -0.15) is 0 Å². The van der Waals surface area contributed by atoms with Gasteiger partial charge >= 0.3 is 0 Å². The molecule has 0 amide bonds. The molecule has 8 aromatic carbocycles. The van der Waals surface area contributed by atoms with E-state index in [4.69, 9.17) is 0 Å². The smallest absolute Gasteiger partial charge is 0.0543 e. The summed E-state index contributed by atoms with van der Waals surface area (Å²) in [6.45, 7) is 9.49. The number of hydrogen-bond acceptors (Lipinski definition) is 2. The topological polar surface area (TPSA) is 3.24 Å². The van der Waals surface area contributed by atoms with Crippen LogP contribution in [0.3, 0.4) is 0 Å². The van der Waals surface area contributed by atoms with Crippen molar-refractivity contribution in [3.63, 3.8) is 0 Å². The minimum Gasteiger partial charge on any atom is -0.310 e. The van der Waals surface area contributed by atoms with Gasteiger partial charge in [0.25, 0.3) is 0 Å². The Labute approximate surface area is 333 Å². The second-order valence-corrected chi connectivity index (χ2v) is 17.6. The molecule has 0 spiro atoms. The zero-order valence-corrected chi connectivity index (χ0v) is 32.9. The van der Waals surface area contributed by atoms with Gasteiger partial charge in [0.2, 0.25) is 0 Å². The molecule has 0 bridgehead atoms. The van der Waals surface area contributed by atoms with Crippen molar-refractivity contribution in [2.75, 3.05) is 4.90 Å². The van der Waals surface area contributed by atoms with E-state index < -0.39 is 0 Å². The van der Waals surface area contributed by atoms with Crippen LogP contribution in [0.2, 0.25) is 0 Å². The van der Waals surface area contributed by atoms with Gasteiger partial charge in [-0.1, -0.05) is 161 Å². The Bertz CT molecular complexity index is 3030. The summed E-state index contributed by atoms with van der Waals surface area (Å²) in [4.78, 5) is 2.49. The van der Waals surface area contributed by atoms with Crippen LogP contribution in [0, 0.1) is 0 Å². The van der Waals surface area contributed by atoms with Gasteiger partial charge in [-0.25, -0.2) is 0 Å². The molecule has 2 heteroatoms. The summed E-state index contributed by atoms with van der Waals surface area (Å²) in [6.07, 6.45) is 0. The third-order valence-electron chi connectivity index (χ3n) is 12.7. The Hall–Kier alpha value is -6.22. The summed E-state index contributed by atoms with van der Waals surface area (Å²) in [7, 11) is 0. The third-order valence-corrected chi connectivity index (χ3v) is 13.8. The van der Waals surface area contributed by atoms with Gasteiger partial charge in [-0.05, 0) is 104 Å². The monoisotopic (exact) mass is 735 g/mol. The van der Waals surface area contributed by atoms with Gasteiger partial charge < -0.3 is 4.90 Å². The van der Waals surface area contributed by atoms with Crippen LogP contribution in [0.5, 0.6) is 0 Å². The molecule has 2 aliphatic carbocycles. The Balaban J connectivity index is 1.08. The van der Waals surface area contributed by atoms with Crippen molar-refractivity contribution >= 4 is 48.6 Å². The average molecular weight is 736 g/mol. The quantitative estimate of drug-likeness (QED) is 0.170. The van der Waals surface area contributed by atoms with E-state index >= 15 is 0 Å². The highest BCUT2D eigenvalue weighted by atomic mass is 32.1. The Morgan fingerprint density at radius 1 is 0.393 bits per heavy atom. The highest BCUT2D eigenvalue weighted by Gasteiger charge is 2.39.